The van der Waals surface area contributed by atoms with Crippen molar-refractivity contribution in [1.29, 1.82) is 0 Å². The first-order valence-electron chi connectivity index (χ1n) is 5.14. The second-order valence-corrected chi connectivity index (χ2v) is 4.19. The van der Waals surface area contributed by atoms with Crippen molar-refractivity contribution in [3.05, 3.63) is 18.2 Å². The van der Waals surface area contributed by atoms with Crippen molar-refractivity contribution >= 4 is 11.6 Å². The van der Waals surface area contributed by atoms with Crippen molar-refractivity contribution in [2.24, 2.45) is 0 Å². The number of hydrogen-bond acceptors (Lipinski definition) is 3. The molecule has 0 saturated carbocycles. The molecule has 1 unspecified atom stereocenters. The van der Waals surface area contributed by atoms with Gasteiger partial charge in [0, 0.05) is 19.3 Å². The van der Waals surface area contributed by atoms with Crippen LogP contribution in [-0.4, -0.2) is 47.3 Å². The van der Waals surface area contributed by atoms with Gasteiger partial charge in [-0.15, -0.1) is 11.6 Å². The topological polar surface area (TPSA) is 30.3 Å². The third-order valence-corrected chi connectivity index (χ3v) is 2.95. The summed E-state index contributed by atoms with van der Waals surface area (Å²) in [7, 11) is 2.12. The number of aromatic nitrogens is 2. The fourth-order valence-electron chi connectivity index (χ4n) is 1.82. The van der Waals surface area contributed by atoms with E-state index in [0.29, 0.717) is 5.88 Å². The molecule has 0 aromatic carbocycles. The molecule has 0 radical (unpaired) electrons. The van der Waals surface area contributed by atoms with E-state index in [1.165, 1.54) is 0 Å². The van der Waals surface area contributed by atoms with Crippen LogP contribution in [0.1, 0.15) is 5.69 Å². The van der Waals surface area contributed by atoms with Crippen LogP contribution in [-0.2, 0) is 17.2 Å². The van der Waals surface area contributed by atoms with Crippen molar-refractivity contribution in [2.45, 2.75) is 18.5 Å². The highest BCUT2D eigenvalue weighted by molar-refractivity contribution is 6.16. The lowest BCUT2D eigenvalue weighted by molar-refractivity contribution is -0.0277. The van der Waals surface area contributed by atoms with Gasteiger partial charge in [-0.1, -0.05) is 0 Å². The van der Waals surface area contributed by atoms with Gasteiger partial charge in [-0.2, -0.15) is 0 Å². The predicted octanol–water partition coefficient (Wildman–Crippen LogP) is 0.952. The lowest BCUT2D eigenvalue weighted by atomic mass is 10.3. The van der Waals surface area contributed by atoms with Gasteiger partial charge in [-0.25, -0.2) is 4.98 Å². The highest BCUT2D eigenvalue weighted by atomic mass is 35.5. The maximum absolute atomic E-state index is 5.81. The number of rotatable bonds is 3. The average Bonchev–Trinajstić information content (AvgIpc) is 2.65. The molecule has 1 fully saturated rings. The first kappa shape index (κ1) is 10.9. The monoisotopic (exact) mass is 229 g/mol. The van der Waals surface area contributed by atoms with E-state index in [4.69, 9.17) is 16.3 Å². The van der Waals surface area contributed by atoms with E-state index < -0.39 is 0 Å². The second kappa shape index (κ2) is 4.96. The molecule has 0 aliphatic carbocycles. The minimum atomic E-state index is 0.250. The fourth-order valence-corrected chi connectivity index (χ4v) is 2.04. The van der Waals surface area contributed by atoms with Gasteiger partial charge in [0.15, 0.2) is 0 Å². The standard InChI is InChI=1S/C10H16ClN3O/c1-13-2-3-15-10(6-13)7-14-8-12-5-9(14)4-11/h5,8,10H,2-4,6-7H2,1H3. The number of ether oxygens (including phenoxy) is 1. The summed E-state index contributed by atoms with van der Waals surface area (Å²) in [5.74, 6) is 0.503. The molecule has 0 amide bonds. The first-order valence-corrected chi connectivity index (χ1v) is 5.68. The molecule has 1 saturated heterocycles. The van der Waals surface area contributed by atoms with Crippen LogP contribution in [0.5, 0.6) is 0 Å². The molecule has 5 heteroatoms. The molecule has 15 heavy (non-hydrogen) atoms. The minimum absolute atomic E-state index is 0.250. The maximum atomic E-state index is 5.81. The Labute approximate surface area is 94.8 Å². The van der Waals surface area contributed by atoms with Crippen molar-refractivity contribution in [3.8, 4) is 0 Å². The van der Waals surface area contributed by atoms with E-state index in [-0.39, 0.29) is 6.10 Å². The summed E-state index contributed by atoms with van der Waals surface area (Å²) < 4.78 is 7.75. The van der Waals surface area contributed by atoms with Crippen LogP contribution in [0.15, 0.2) is 12.5 Å². The van der Waals surface area contributed by atoms with E-state index in [1.807, 2.05) is 6.33 Å². The number of likely N-dealkylation sites (N-methyl/N-ethyl adjacent to an activating group) is 1. The first-order chi connectivity index (χ1) is 7.29. The summed E-state index contributed by atoms with van der Waals surface area (Å²) in [6.45, 7) is 3.64. The maximum Gasteiger partial charge on any atom is 0.0949 e. The molecule has 0 bridgehead atoms. The minimum Gasteiger partial charge on any atom is -0.374 e. The number of nitrogens with zero attached hydrogens (tertiary/aromatic N) is 3. The molecule has 84 valence electrons. The van der Waals surface area contributed by atoms with Crippen LogP contribution < -0.4 is 0 Å². The Hall–Kier alpha value is -0.580. The van der Waals surface area contributed by atoms with Crippen molar-refractivity contribution < 1.29 is 4.74 Å². The van der Waals surface area contributed by atoms with E-state index in [1.54, 1.807) is 6.20 Å². The zero-order chi connectivity index (χ0) is 10.7. The third-order valence-electron chi connectivity index (χ3n) is 2.68. The quantitative estimate of drug-likeness (QED) is 0.724. The molecule has 1 aromatic heterocycles. The summed E-state index contributed by atoms with van der Waals surface area (Å²) in [5, 5.41) is 0. The summed E-state index contributed by atoms with van der Waals surface area (Å²) in [5.41, 5.74) is 1.05. The van der Waals surface area contributed by atoms with Crippen LogP contribution >= 0.6 is 11.6 Å². The van der Waals surface area contributed by atoms with Gasteiger partial charge in [0.2, 0.25) is 0 Å². The molecule has 2 rings (SSSR count). The molecule has 1 atom stereocenters. The second-order valence-electron chi connectivity index (χ2n) is 3.93. The molecule has 2 heterocycles. The number of imidazole rings is 1. The zero-order valence-electron chi connectivity index (χ0n) is 8.90. The summed E-state index contributed by atoms with van der Waals surface area (Å²) >= 11 is 5.81. The smallest absolute Gasteiger partial charge is 0.0949 e. The lowest BCUT2D eigenvalue weighted by Gasteiger charge is -2.30. The molecule has 0 N–H and O–H groups in total. The number of morpholine rings is 1. The van der Waals surface area contributed by atoms with Gasteiger partial charge in [0.1, 0.15) is 0 Å². The molecule has 0 spiro atoms. The lowest BCUT2D eigenvalue weighted by Crippen LogP contribution is -2.42. The third kappa shape index (κ3) is 2.71. The van der Waals surface area contributed by atoms with E-state index >= 15 is 0 Å². The van der Waals surface area contributed by atoms with Gasteiger partial charge < -0.3 is 14.2 Å². The largest absolute Gasteiger partial charge is 0.374 e. The SMILES string of the molecule is CN1CCOC(Cn2cncc2CCl)C1. The summed E-state index contributed by atoms with van der Waals surface area (Å²) in [6, 6.07) is 0. The molecular weight excluding hydrogens is 214 g/mol. The van der Waals surface area contributed by atoms with Gasteiger partial charge >= 0.3 is 0 Å². The van der Waals surface area contributed by atoms with Crippen LogP contribution in [0.25, 0.3) is 0 Å². The van der Waals surface area contributed by atoms with E-state index in [2.05, 4.69) is 21.5 Å². The predicted molar refractivity (Wildman–Crippen MR) is 59.0 cm³/mol. The molecule has 1 aliphatic heterocycles. The fraction of sp³-hybridized carbons (Fsp3) is 0.700. The van der Waals surface area contributed by atoms with Gasteiger partial charge in [-0.05, 0) is 7.05 Å². The summed E-state index contributed by atoms with van der Waals surface area (Å²) in [4.78, 5) is 6.37. The Balaban J connectivity index is 1.96. The van der Waals surface area contributed by atoms with Gasteiger partial charge in [0.25, 0.3) is 0 Å². The molecule has 1 aliphatic rings. The van der Waals surface area contributed by atoms with Gasteiger partial charge in [-0.3, -0.25) is 0 Å². The van der Waals surface area contributed by atoms with Crippen LogP contribution in [0, 0.1) is 0 Å². The van der Waals surface area contributed by atoms with Gasteiger partial charge in [0.05, 0.1) is 37.2 Å². The number of hydrogen-bond donors (Lipinski definition) is 0. The Bertz CT molecular complexity index is 315. The van der Waals surface area contributed by atoms with Crippen LogP contribution in [0.4, 0.5) is 0 Å². The van der Waals surface area contributed by atoms with Crippen molar-refractivity contribution in [3.63, 3.8) is 0 Å². The van der Waals surface area contributed by atoms with E-state index in [9.17, 15) is 0 Å². The molecule has 1 aromatic rings. The Kier molecular flexibility index (Phi) is 3.61. The Morgan fingerprint density at radius 1 is 1.67 bits per heavy atom. The Morgan fingerprint density at radius 3 is 3.27 bits per heavy atom. The molecule has 4 nitrogen and oxygen atoms in total. The van der Waals surface area contributed by atoms with Crippen molar-refractivity contribution in [1.82, 2.24) is 14.5 Å². The molecular formula is C10H16ClN3O. The highest BCUT2D eigenvalue weighted by Gasteiger charge is 2.18. The number of alkyl halides is 1. The zero-order valence-corrected chi connectivity index (χ0v) is 9.65. The normalized spacial score (nSPS) is 23.2. The average molecular weight is 230 g/mol. The summed E-state index contributed by atoms with van der Waals surface area (Å²) in [6.07, 6.45) is 3.87. The van der Waals surface area contributed by atoms with Crippen LogP contribution in [0.2, 0.25) is 0 Å². The number of halogens is 1. The van der Waals surface area contributed by atoms with Crippen LogP contribution in [0.3, 0.4) is 0 Å². The highest BCUT2D eigenvalue weighted by Crippen LogP contribution is 2.09. The van der Waals surface area contributed by atoms with E-state index in [0.717, 1.165) is 31.9 Å². The Morgan fingerprint density at radius 2 is 2.53 bits per heavy atom. The van der Waals surface area contributed by atoms with Crippen molar-refractivity contribution in [2.75, 3.05) is 26.7 Å².